The summed E-state index contributed by atoms with van der Waals surface area (Å²) in [6.45, 7) is 2.80. The Balaban J connectivity index is 3.81. The highest BCUT2D eigenvalue weighted by molar-refractivity contribution is 5.66. The van der Waals surface area contributed by atoms with Crippen molar-refractivity contribution in [2.45, 2.75) is 6.92 Å². The first-order valence-electron chi connectivity index (χ1n) is 3.15. The first kappa shape index (κ1) is 8.88. The fourth-order valence-electron chi connectivity index (χ4n) is 0.520. The molecule has 3 nitrogen and oxygen atoms in total. The van der Waals surface area contributed by atoms with Gasteiger partial charge in [0.25, 0.3) is 0 Å². The van der Waals surface area contributed by atoms with Crippen LogP contribution in [0.25, 0.3) is 0 Å². The molecule has 56 valence electrons. The van der Waals surface area contributed by atoms with Crippen molar-refractivity contribution in [1.29, 1.82) is 0 Å². The minimum atomic E-state index is 0.742. The van der Waals surface area contributed by atoms with Gasteiger partial charge in [0, 0.05) is 19.8 Å². The zero-order chi connectivity index (χ0) is 7.82. The van der Waals surface area contributed by atoms with Crippen molar-refractivity contribution in [2.75, 3.05) is 13.6 Å². The summed E-state index contributed by atoms with van der Waals surface area (Å²) in [4.78, 5) is 15.5. The molecule has 10 heavy (non-hydrogen) atoms. The number of hydrogen-bond acceptors (Lipinski definition) is 2. The molecule has 0 aromatic rings. The van der Waals surface area contributed by atoms with E-state index in [1.54, 1.807) is 19.6 Å². The molecule has 0 rings (SSSR count). The van der Waals surface area contributed by atoms with Crippen LogP contribution in [-0.4, -0.2) is 31.1 Å². The van der Waals surface area contributed by atoms with Crippen molar-refractivity contribution in [3.05, 3.63) is 12.3 Å². The molecule has 0 N–H and O–H groups in total. The zero-order valence-corrected chi connectivity index (χ0v) is 6.32. The maximum Gasteiger partial charge on any atom is 0.144 e. The topological polar surface area (TPSA) is 32.7 Å². The Hall–Kier alpha value is -1.12. The van der Waals surface area contributed by atoms with E-state index in [-0.39, 0.29) is 0 Å². The molecule has 0 atom stereocenters. The van der Waals surface area contributed by atoms with Crippen molar-refractivity contribution in [3.8, 4) is 0 Å². The van der Waals surface area contributed by atoms with Crippen LogP contribution in [0.3, 0.4) is 0 Å². The number of nitrogens with zero attached hydrogens (tertiary/aromatic N) is 2. The molecule has 0 saturated heterocycles. The maximum absolute atomic E-state index is 9.87. The predicted molar refractivity (Wildman–Crippen MR) is 42.0 cm³/mol. The summed E-state index contributed by atoms with van der Waals surface area (Å²) in [7, 11) is 1.69. The summed E-state index contributed by atoms with van der Waals surface area (Å²) in [6, 6.07) is 0. The number of allylic oxidation sites excluding steroid dienone is 1. The lowest BCUT2D eigenvalue weighted by molar-refractivity contribution is -0.104. The van der Waals surface area contributed by atoms with Gasteiger partial charge >= 0.3 is 0 Å². The molecular weight excluding hydrogens is 128 g/mol. The molecule has 0 aliphatic rings. The molecular formula is C7H12N2O. The summed E-state index contributed by atoms with van der Waals surface area (Å²) in [6.07, 6.45) is 5.53. The monoisotopic (exact) mass is 140 g/mol. The van der Waals surface area contributed by atoms with E-state index in [0.29, 0.717) is 0 Å². The Morgan fingerprint density at radius 1 is 1.60 bits per heavy atom. The lowest BCUT2D eigenvalue weighted by Gasteiger charge is -2.08. The van der Waals surface area contributed by atoms with E-state index < -0.39 is 0 Å². The van der Waals surface area contributed by atoms with E-state index in [1.165, 1.54) is 6.08 Å². The predicted octanol–water partition coefficient (Wildman–Crippen LogP) is 0.679. The van der Waals surface area contributed by atoms with Gasteiger partial charge < -0.3 is 4.90 Å². The molecule has 0 aromatic carbocycles. The molecule has 3 heteroatoms. The molecule has 0 radical (unpaired) electrons. The van der Waals surface area contributed by atoms with E-state index in [2.05, 4.69) is 4.99 Å². The van der Waals surface area contributed by atoms with Crippen LogP contribution in [0.2, 0.25) is 0 Å². The molecule has 0 spiro atoms. The summed E-state index contributed by atoms with van der Waals surface area (Å²) < 4.78 is 0. The molecule has 0 aliphatic heterocycles. The molecule has 0 fully saturated rings. The first-order chi connectivity index (χ1) is 4.85. The third-order valence-electron chi connectivity index (χ3n) is 0.985. The van der Waals surface area contributed by atoms with E-state index in [1.807, 2.05) is 11.8 Å². The Bertz CT molecular complexity index is 141. The second-order valence-electron chi connectivity index (χ2n) is 1.68. The summed E-state index contributed by atoms with van der Waals surface area (Å²) in [5.74, 6) is 0. The molecule has 0 unspecified atom stereocenters. The van der Waals surface area contributed by atoms with Crippen LogP contribution < -0.4 is 0 Å². The van der Waals surface area contributed by atoms with Crippen LogP contribution in [0.15, 0.2) is 17.3 Å². The highest BCUT2D eigenvalue weighted by Gasteiger charge is 1.85. The second kappa shape index (κ2) is 6.01. The third kappa shape index (κ3) is 3.83. The fraction of sp³-hybridized carbons (Fsp3) is 0.429. The van der Waals surface area contributed by atoms with Gasteiger partial charge in [-0.2, -0.15) is 0 Å². The molecule has 0 bridgehead atoms. The highest BCUT2D eigenvalue weighted by atomic mass is 16.1. The van der Waals surface area contributed by atoms with E-state index in [0.717, 1.165) is 12.8 Å². The lowest BCUT2D eigenvalue weighted by Crippen LogP contribution is -2.13. The average Bonchev–Trinajstić information content (AvgIpc) is 1.98. The molecule has 0 aromatic heterocycles. The summed E-state index contributed by atoms with van der Waals surface area (Å²) in [5, 5.41) is 0. The van der Waals surface area contributed by atoms with E-state index in [9.17, 15) is 4.79 Å². The molecule has 0 aliphatic carbocycles. The van der Waals surface area contributed by atoms with E-state index in [4.69, 9.17) is 0 Å². The first-order valence-corrected chi connectivity index (χ1v) is 3.15. The van der Waals surface area contributed by atoms with Gasteiger partial charge in [-0.15, -0.1) is 0 Å². The minimum absolute atomic E-state index is 0.742. The Labute approximate surface area is 61.1 Å². The van der Waals surface area contributed by atoms with Gasteiger partial charge in [-0.3, -0.25) is 9.79 Å². The number of carbonyl (C=O) groups excluding carboxylic acids is 1. The fourth-order valence-corrected chi connectivity index (χ4v) is 0.520. The Kier molecular flexibility index (Phi) is 5.33. The van der Waals surface area contributed by atoms with Crippen LogP contribution in [0.1, 0.15) is 6.92 Å². The maximum atomic E-state index is 9.87. The van der Waals surface area contributed by atoms with Gasteiger partial charge in [0.1, 0.15) is 6.29 Å². The molecule has 0 saturated carbocycles. The highest BCUT2D eigenvalue weighted by Crippen LogP contribution is 1.82. The van der Waals surface area contributed by atoms with Gasteiger partial charge in [0.15, 0.2) is 0 Å². The van der Waals surface area contributed by atoms with Crippen molar-refractivity contribution in [1.82, 2.24) is 4.90 Å². The number of aldehydes is 1. The third-order valence-corrected chi connectivity index (χ3v) is 0.985. The average molecular weight is 140 g/mol. The van der Waals surface area contributed by atoms with Gasteiger partial charge in [0.2, 0.25) is 0 Å². The largest absolute Gasteiger partial charge is 0.340 e. The van der Waals surface area contributed by atoms with Crippen LogP contribution in [0.4, 0.5) is 0 Å². The summed E-state index contributed by atoms with van der Waals surface area (Å²) in [5.41, 5.74) is 0. The number of hydrogen-bond donors (Lipinski definition) is 0. The number of carbonyl (C=O) groups is 1. The smallest absolute Gasteiger partial charge is 0.144 e. The van der Waals surface area contributed by atoms with Crippen molar-refractivity contribution in [3.63, 3.8) is 0 Å². The van der Waals surface area contributed by atoms with Gasteiger partial charge in [-0.05, 0) is 13.0 Å². The van der Waals surface area contributed by atoms with Crippen LogP contribution in [0, 0.1) is 0 Å². The minimum Gasteiger partial charge on any atom is -0.340 e. The lowest BCUT2D eigenvalue weighted by atomic mass is 10.6. The number of rotatable bonds is 4. The zero-order valence-electron chi connectivity index (χ0n) is 6.32. The molecule has 0 amide bonds. The normalized spacial score (nSPS) is 11.0. The van der Waals surface area contributed by atoms with Gasteiger partial charge in [-0.25, -0.2) is 0 Å². The Morgan fingerprint density at radius 3 is 2.70 bits per heavy atom. The number of aliphatic imine (C=N–C) groups is 1. The van der Waals surface area contributed by atoms with Gasteiger partial charge in [-0.1, -0.05) is 0 Å². The molecule has 0 heterocycles. The summed E-state index contributed by atoms with van der Waals surface area (Å²) >= 11 is 0. The van der Waals surface area contributed by atoms with Crippen molar-refractivity contribution in [2.24, 2.45) is 4.99 Å². The SMILES string of the molecule is CCN(C=CC=O)C=NC. The Morgan fingerprint density at radius 2 is 2.30 bits per heavy atom. The van der Waals surface area contributed by atoms with Crippen molar-refractivity contribution < 1.29 is 4.79 Å². The van der Waals surface area contributed by atoms with Crippen LogP contribution in [0.5, 0.6) is 0 Å². The second-order valence-corrected chi connectivity index (χ2v) is 1.68. The van der Waals surface area contributed by atoms with Crippen LogP contribution in [-0.2, 0) is 4.79 Å². The van der Waals surface area contributed by atoms with Gasteiger partial charge in [0.05, 0.1) is 6.34 Å². The van der Waals surface area contributed by atoms with E-state index >= 15 is 0 Å². The van der Waals surface area contributed by atoms with Crippen molar-refractivity contribution >= 4 is 12.6 Å². The van der Waals surface area contributed by atoms with Crippen LogP contribution >= 0.6 is 0 Å². The quantitative estimate of drug-likeness (QED) is 0.249. The standard InChI is InChI=1S/C7H12N2O/c1-3-9(7-8-2)5-4-6-10/h4-7H,3H2,1-2H3.